The number of carbonyl (C=O) groups excluding carboxylic acids is 1. The van der Waals surface area contributed by atoms with Crippen LogP contribution in [0.4, 0.5) is 5.95 Å². The Labute approximate surface area is 93.7 Å². The van der Waals surface area contributed by atoms with Crippen molar-refractivity contribution in [1.29, 1.82) is 5.26 Å². The summed E-state index contributed by atoms with van der Waals surface area (Å²) in [5.41, 5.74) is 0.334. The summed E-state index contributed by atoms with van der Waals surface area (Å²) < 4.78 is 0. The molecule has 5 heteroatoms. The summed E-state index contributed by atoms with van der Waals surface area (Å²) in [5.74, 6) is 0.482. The van der Waals surface area contributed by atoms with Crippen LogP contribution in [0, 0.1) is 11.3 Å². The Morgan fingerprint density at radius 1 is 1.56 bits per heavy atom. The van der Waals surface area contributed by atoms with Crippen LogP contribution in [-0.2, 0) is 4.79 Å². The van der Waals surface area contributed by atoms with E-state index in [-0.39, 0.29) is 6.04 Å². The van der Waals surface area contributed by atoms with E-state index in [0.29, 0.717) is 11.6 Å². The van der Waals surface area contributed by atoms with Crippen LogP contribution >= 0.6 is 0 Å². The van der Waals surface area contributed by atoms with Gasteiger partial charge in [-0.1, -0.05) is 0 Å². The summed E-state index contributed by atoms with van der Waals surface area (Å²) in [6.45, 7) is 0.776. The molecule has 1 aromatic rings. The van der Waals surface area contributed by atoms with Crippen LogP contribution in [0.2, 0.25) is 0 Å². The Morgan fingerprint density at radius 3 is 3.19 bits per heavy atom. The number of nitrogens with zero attached hydrogens (tertiary/aromatic N) is 4. The Bertz CT molecular complexity index is 426. The first-order chi connectivity index (χ1) is 7.85. The molecule has 0 aromatic carbocycles. The molecule has 0 aliphatic carbocycles. The van der Waals surface area contributed by atoms with Gasteiger partial charge in [-0.15, -0.1) is 0 Å². The van der Waals surface area contributed by atoms with Gasteiger partial charge in [0.05, 0.1) is 6.04 Å². The van der Waals surface area contributed by atoms with E-state index in [2.05, 4.69) is 9.97 Å². The molecular formula is C11H12N4O. The van der Waals surface area contributed by atoms with E-state index < -0.39 is 0 Å². The van der Waals surface area contributed by atoms with Gasteiger partial charge in [-0.2, -0.15) is 5.26 Å². The Kier molecular flexibility index (Phi) is 3.10. The number of nitriles is 1. The van der Waals surface area contributed by atoms with Crippen LogP contribution < -0.4 is 4.90 Å². The molecule has 1 fully saturated rings. The second-order valence-corrected chi connectivity index (χ2v) is 3.75. The van der Waals surface area contributed by atoms with Crippen molar-refractivity contribution in [2.75, 3.05) is 11.4 Å². The molecule has 0 radical (unpaired) electrons. The molecule has 0 N–H and O–H groups in total. The van der Waals surface area contributed by atoms with Gasteiger partial charge < -0.3 is 9.69 Å². The van der Waals surface area contributed by atoms with E-state index in [1.54, 1.807) is 12.3 Å². The maximum Gasteiger partial charge on any atom is 0.227 e. The lowest BCUT2D eigenvalue weighted by Crippen LogP contribution is -2.41. The zero-order valence-corrected chi connectivity index (χ0v) is 8.83. The summed E-state index contributed by atoms with van der Waals surface area (Å²) in [6, 6.07) is 3.38. The van der Waals surface area contributed by atoms with Crippen molar-refractivity contribution in [2.45, 2.75) is 25.3 Å². The second kappa shape index (κ2) is 4.71. The number of hydrogen-bond acceptors (Lipinski definition) is 5. The summed E-state index contributed by atoms with van der Waals surface area (Å²) in [6.07, 6.45) is 5.41. The van der Waals surface area contributed by atoms with Gasteiger partial charge in [0.1, 0.15) is 18.0 Å². The highest BCUT2D eigenvalue weighted by molar-refractivity contribution is 5.64. The third-order valence-corrected chi connectivity index (χ3v) is 2.72. The molecule has 5 nitrogen and oxygen atoms in total. The van der Waals surface area contributed by atoms with Crippen molar-refractivity contribution in [2.24, 2.45) is 0 Å². The molecule has 1 saturated heterocycles. The first kappa shape index (κ1) is 10.6. The molecule has 1 aromatic heterocycles. The molecule has 1 aliphatic rings. The lowest BCUT2D eigenvalue weighted by Gasteiger charge is -2.32. The Hall–Kier alpha value is -1.96. The molecule has 16 heavy (non-hydrogen) atoms. The third kappa shape index (κ3) is 2.01. The third-order valence-electron chi connectivity index (χ3n) is 2.72. The van der Waals surface area contributed by atoms with Crippen molar-refractivity contribution in [1.82, 2.24) is 9.97 Å². The van der Waals surface area contributed by atoms with Gasteiger partial charge in [-0.3, -0.25) is 0 Å². The zero-order chi connectivity index (χ0) is 11.4. The van der Waals surface area contributed by atoms with Gasteiger partial charge in [0, 0.05) is 12.7 Å². The van der Waals surface area contributed by atoms with E-state index in [1.165, 1.54) is 0 Å². The smallest absolute Gasteiger partial charge is 0.227 e. The average Bonchev–Trinajstić information content (AvgIpc) is 2.38. The van der Waals surface area contributed by atoms with Crippen LogP contribution in [-0.4, -0.2) is 28.8 Å². The number of hydrogen-bond donors (Lipinski definition) is 0. The highest BCUT2D eigenvalue weighted by atomic mass is 16.1. The van der Waals surface area contributed by atoms with E-state index in [1.807, 2.05) is 11.0 Å². The SMILES string of the molecule is N#Cc1ccnc(N2CCCCC2C=O)n1. The van der Waals surface area contributed by atoms with Gasteiger partial charge in [0.2, 0.25) is 5.95 Å². The quantitative estimate of drug-likeness (QED) is 0.687. The van der Waals surface area contributed by atoms with Crippen molar-refractivity contribution in [3.8, 4) is 6.07 Å². The van der Waals surface area contributed by atoms with Crippen molar-refractivity contribution < 1.29 is 4.79 Å². The highest BCUT2D eigenvalue weighted by Gasteiger charge is 2.23. The molecule has 0 bridgehead atoms. The van der Waals surface area contributed by atoms with Gasteiger partial charge >= 0.3 is 0 Å². The second-order valence-electron chi connectivity index (χ2n) is 3.75. The van der Waals surface area contributed by atoms with Crippen LogP contribution in [0.15, 0.2) is 12.3 Å². The summed E-state index contributed by atoms with van der Waals surface area (Å²) in [5, 5.41) is 8.76. The average molecular weight is 216 g/mol. The topological polar surface area (TPSA) is 69.9 Å². The highest BCUT2D eigenvalue weighted by Crippen LogP contribution is 2.20. The number of piperidine rings is 1. The fourth-order valence-electron chi connectivity index (χ4n) is 1.90. The normalized spacial score (nSPS) is 20.2. The maximum absolute atomic E-state index is 10.9. The monoisotopic (exact) mass is 216 g/mol. The minimum atomic E-state index is -0.150. The minimum Gasteiger partial charge on any atom is -0.331 e. The van der Waals surface area contributed by atoms with Gasteiger partial charge in [0.25, 0.3) is 0 Å². The first-order valence-corrected chi connectivity index (χ1v) is 5.30. The van der Waals surface area contributed by atoms with Crippen LogP contribution in [0.1, 0.15) is 25.0 Å². The number of rotatable bonds is 2. The summed E-state index contributed by atoms with van der Waals surface area (Å²) in [4.78, 5) is 21.0. The molecule has 0 saturated carbocycles. The lowest BCUT2D eigenvalue weighted by molar-refractivity contribution is -0.109. The van der Waals surface area contributed by atoms with Gasteiger partial charge in [-0.05, 0) is 25.3 Å². The Balaban J connectivity index is 2.27. The molecular weight excluding hydrogens is 204 g/mol. The molecule has 82 valence electrons. The molecule has 1 unspecified atom stereocenters. The number of anilines is 1. The number of aromatic nitrogens is 2. The van der Waals surface area contributed by atoms with Crippen LogP contribution in [0.25, 0.3) is 0 Å². The van der Waals surface area contributed by atoms with Crippen molar-refractivity contribution in [3.05, 3.63) is 18.0 Å². The number of aldehydes is 1. The van der Waals surface area contributed by atoms with Crippen molar-refractivity contribution >= 4 is 12.2 Å². The minimum absolute atomic E-state index is 0.150. The van der Waals surface area contributed by atoms with E-state index in [0.717, 1.165) is 32.1 Å². The molecule has 1 aliphatic heterocycles. The van der Waals surface area contributed by atoms with E-state index in [9.17, 15) is 4.79 Å². The summed E-state index contributed by atoms with van der Waals surface area (Å²) in [7, 11) is 0. The van der Waals surface area contributed by atoms with Crippen LogP contribution in [0.3, 0.4) is 0 Å². The first-order valence-electron chi connectivity index (χ1n) is 5.30. The molecule has 2 heterocycles. The fourth-order valence-corrected chi connectivity index (χ4v) is 1.90. The van der Waals surface area contributed by atoms with Crippen LogP contribution in [0.5, 0.6) is 0 Å². The predicted molar refractivity (Wildman–Crippen MR) is 57.8 cm³/mol. The predicted octanol–water partition coefficient (Wildman–Crippen LogP) is 0.906. The zero-order valence-electron chi connectivity index (χ0n) is 8.83. The number of carbonyl (C=O) groups is 1. The molecule has 1 atom stereocenters. The van der Waals surface area contributed by atoms with E-state index >= 15 is 0 Å². The fraction of sp³-hybridized carbons (Fsp3) is 0.455. The van der Waals surface area contributed by atoms with E-state index in [4.69, 9.17) is 5.26 Å². The maximum atomic E-state index is 10.9. The Morgan fingerprint density at radius 2 is 2.44 bits per heavy atom. The van der Waals surface area contributed by atoms with Crippen molar-refractivity contribution in [3.63, 3.8) is 0 Å². The molecule has 0 amide bonds. The largest absolute Gasteiger partial charge is 0.331 e. The summed E-state index contributed by atoms with van der Waals surface area (Å²) >= 11 is 0. The molecule has 2 rings (SSSR count). The molecule has 0 spiro atoms. The lowest BCUT2D eigenvalue weighted by atomic mass is 10.0. The van der Waals surface area contributed by atoms with Gasteiger partial charge in [0.15, 0.2) is 0 Å². The standard InChI is InChI=1S/C11H12N4O/c12-7-9-4-5-13-11(14-9)15-6-2-1-3-10(15)8-16/h4-5,8,10H,1-3,6H2. The van der Waals surface area contributed by atoms with Gasteiger partial charge in [-0.25, -0.2) is 9.97 Å².